The molecule has 0 saturated heterocycles. The van der Waals surface area contributed by atoms with Crippen molar-refractivity contribution in [3.63, 3.8) is 0 Å². The van der Waals surface area contributed by atoms with Crippen LogP contribution in [0.3, 0.4) is 0 Å². The molecule has 0 spiro atoms. The van der Waals surface area contributed by atoms with E-state index in [1.54, 1.807) is 36.6 Å². The predicted octanol–water partition coefficient (Wildman–Crippen LogP) is 5.89. The maximum atomic E-state index is 14.1. The van der Waals surface area contributed by atoms with E-state index < -0.39 is 16.9 Å². The molecule has 0 aliphatic carbocycles. The zero-order valence-corrected chi connectivity index (χ0v) is 29.5. The molecule has 2 heterocycles. The van der Waals surface area contributed by atoms with Gasteiger partial charge in [0.1, 0.15) is 18.1 Å². The number of carbonyl (C=O) groups is 1. The van der Waals surface area contributed by atoms with E-state index in [9.17, 15) is 19.7 Å². The van der Waals surface area contributed by atoms with Crippen molar-refractivity contribution in [3.8, 4) is 11.5 Å². The number of ether oxygens (including phenoxy) is 3. The minimum atomic E-state index is -0.743. The molecule has 1 atom stereocenters. The molecule has 232 valence electrons. The first-order chi connectivity index (χ1) is 21.6. The molecule has 5 rings (SSSR count). The van der Waals surface area contributed by atoms with Gasteiger partial charge < -0.3 is 14.2 Å². The van der Waals surface area contributed by atoms with Crippen LogP contribution in [0.1, 0.15) is 43.5 Å². The Kier molecular flexibility index (Phi) is 10.4. The first-order valence-electron chi connectivity index (χ1n) is 13.9. The Balaban J connectivity index is 1.60. The Hall–Kier alpha value is -3.57. The van der Waals surface area contributed by atoms with Crippen LogP contribution in [-0.4, -0.2) is 28.7 Å². The van der Waals surface area contributed by atoms with Crippen LogP contribution in [0.4, 0.5) is 5.69 Å². The number of hydrogen-bond acceptors (Lipinski definition) is 9. The topological polar surface area (TPSA) is 122 Å². The van der Waals surface area contributed by atoms with Crippen molar-refractivity contribution in [2.75, 3.05) is 13.2 Å². The van der Waals surface area contributed by atoms with Crippen LogP contribution < -0.4 is 24.4 Å². The van der Waals surface area contributed by atoms with Crippen LogP contribution in [-0.2, 0) is 16.1 Å². The van der Waals surface area contributed by atoms with E-state index in [1.807, 2.05) is 43.3 Å². The summed E-state index contributed by atoms with van der Waals surface area (Å²) in [5.74, 6) is 0.731. The molecule has 10 nitrogen and oxygen atoms in total. The number of fused-ring (bicyclic) bond motifs is 1. The van der Waals surface area contributed by atoms with Gasteiger partial charge in [-0.05, 0) is 120 Å². The number of nitrogens with zero attached hydrogens (tertiary/aromatic N) is 3. The minimum absolute atomic E-state index is 0.00329. The highest BCUT2D eigenvalue weighted by Crippen LogP contribution is 2.33. The summed E-state index contributed by atoms with van der Waals surface area (Å²) >= 11 is 5.63. The molecule has 0 unspecified atom stereocenters. The van der Waals surface area contributed by atoms with Crippen molar-refractivity contribution in [2.24, 2.45) is 4.99 Å². The Bertz CT molecular complexity index is 1980. The van der Waals surface area contributed by atoms with E-state index >= 15 is 0 Å². The molecule has 1 aliphatic heterocycles. The Morgan fingerprint density at radius 2 is 1.78 bits per heavy atom. The maximum absolute atomic E-state index is 14.1. The number of carbonyl (C=O) groups excluding carboxylic acids is 1. The van der Waals surface area contributed by atoms with Gasteiger partial charge in [-0.1, -0.05) is 23.5 Å². The number of esters is 1. The van der Waals surface area contributed by atoms with Gasteiger partial charge in [0.25, 0.3) is 11.2 Å². The summed E-state index contributed by atoms with van der Waals surface area (Å²) in [5, 5.41) is 11.0. The van der Waals surface area contributed by atoms with E-state index in [1.165, 1.54) is 23.5 Å². The number of benzene rings is 3. The third-order valence-electron chi connectivity index (χ3n) is 6.88. The molecule has 3 aromatic carbocycles. The summed E-state index contributed by atoms with van der Waals surface area (Å²) in [7, 11) is 0. The fourth-order valence-corrected chi connectivity index (χ4v) is 7.95. The van der Waals surface area contributed by atoms with Gasteiger partial charge in [-0.2, -0.15) is 0 Å². The summed E-state index contributed by atoms with van der Waals surface area (Å²) in [6, 6.07) is 16.6. The molecule has 45 heavy (non-hydrogen) atoms. The first kappa shape index (κ1) is 32.8. The number of nitro benzene ring substituents is 1. The molecular weight excluding hydrogens is 824 g/mol. The van der Waals surface area contributed by atoms with Gasteiger partial charge in [-0.25, -0.2) is 9.79 Å². The standard InChI is InChI=1S/C32H27I2N3O7S/c1-4-42-24-12-8-20(9-13-24)28-27(31(39)43-5-2)18(3)35-32-36(28)30(38)26(45-32)15-21-14-22(33)16-25(34)29(21)44-17-19-6-10-23(11-7-19)37(40)41/h6-16,28H,4-5,17H2,1-3H3/b26-15-/t28-/m1/s1. The van der Waals surface area contributed by atoms with Crippen molar-refractivity contribution in [1.82, 2.24) is 4.57 Å². The molecule has 13 heteroatoms. The largest absolute Gasteiger partial charge is 0.494 e. The third kappa shape index (κ3) is 7.14. The van der Waals surface area contributed by atoms with Gasteiger partial charge in [0.15, 0.2) is 4.80 Å². The smallest absolute Gasteiger partial charge is 0.338 e. The van der Waals surface area contributed by atoms with Crippen molar-refractivity contribution in [3.05, 3.63) is 126 Å². The van der Waals surface area contributed by atoms with E-state index in [-0.39, 0.29) is 24.5 Å². The van der Waals surface area contributed by atoms with Crippen LogP contribution >= 0.6 is 56.5 Å². The summed E-state index contributed by atoms with van der Waals surface area (Å²) in [4.78, 5) is 43.0. The lowest BCUT2D eigenvalue weighted by atomic mass is 9.96. The minimum Gasteiger partial charge on any atom is -0.494 e. The van der Waals surface area contributed by atoms with Crippen LogP contribution in [0.25, 0.3) is 6.08 Å². The molecule has 0 fully saturated rings. The average Bonchev–Trinajstić information content (AvgIpc) is 3.30. The second kappa shape index (κ2) is 14.2. The summed E-state index contributed by atoms with van der Waals surface area (Å²) in [6.07, 6.45) is 1.78. The van der Waals surface area contributed by atoms with Crippen molar-refractivity contribution < 1.29 is 23.9 Å². The Morgan fingerprint density at radius 1 is 1.07 bits per heavy atom. The van der Waals surface area contributed by atoms with Crippen LogP contribution in [0.5, 0.6) is 11.5 Å². The lowest BCUT2D eigenvalue weighted by molar-refractivity contribution is -0.384. The quantitative estimate of drug-likeness (QED) is 0.0845. The third-order valence-corrected chi connectivity index (χ3v) is 9.28. The number of nitro groups is 1. The van der Waals surface area contributed by atoms with Gasteiger partial charge in [0.05, 0.1) is 43.6 Å². The number of thiazole rings is 1. The highest BCUT2D eigenvalue weighted by atomic mass is 127. The number of non-ortho nitro benzene ring substituents is 1. The van der Waals surface area contributed by atoms with Crippen molar-refractivity contribution >= 4 is 74.3 Å². The van der Waals surface area contributed by atoms with Gasteiger partial charge in [0, 0.05) is 21.3 Å². The number of aromatic nitrogens is 1. The van der Waals surface area contributed by atoms with Crippen LogP contribution in [0.15, 0.2) is 81.7 Å². The number of halogens is 2. The number of rotatable bonds is 10. The molecule has 0 amide bonds. The van der Waals surface area contributed by atoms with Gasteiger partial charge in [-0.15, -0.1) is 0 Å². The van der Waals surface area contributed by atoms with Gasteiger partial charge >= 0.3 is 5.97 Å². The van der Waals surface area contributed by atoms with E-state index in [0.29, 0.717) is 44.3 Å². The van der Waals surface area contributed by atoms with Crippen LogP contribution in [0, 0.1) is 17.3 Å². The fourth-order valence-electron chi connectivity index (χ4n) is 4.87. The van der Waals surface area contributed by atoms with Crippen molar-refractivity contribution in [1.29, 1.82) is 0 Å². The normalized spacial score (nSPS) is 14.5. The highest BCUT2D eigenvalue weighted by Gasteiger charge is 2.33. The molecule has 0 bridgehead atoms. The summed E-state index contributed by atoms with van der Waals surface area (Å²) < 4.78 is 21.0. The molecule has 4 aromatic rings. The van der Waals surface area contributed by atoms with E-state index in [2.05, 4.69) is 50.2 Å². The molecular formula is C32H27I2N3O7S. The second-order valence-electron chi connectivity index (χ2n) is 9.82. The summed E-state index contributed by atoms with van der Waals surface area (Å²) in [6.45, 7) is 6.26. The molecule has 1 aliphatic rings. The second-order valence-corrected chi connectivity index (χ2v) is 13.2. The van der Waals surface area contributed by atoms with Gasteiger partial charge in [0.2, 0.25) is 0 Å². The molecule has 0 saturated carbocycles. The highest BCUT2D eigenvalue weighted by molar-refractivity contribution is 14.1. The number of hydrogen-bond donors (Lipinski definition) is 0. The molecule has 0 radical (unpaired) electrons. The Morgan fingerprint density at radius 3 is 2.42 bits per heavy atom. The molecule has 0 N–H and O–H groups in total. The molecule has 1 aromatic heterocycles. The van der Waals surface area contributed by atoms with Crippen LogP contribution in [0.2, 0.25) is 0 Å². The van der Waals surface area contributed by atoms with E-state index in [4.69, 9.17) is 14.2 Å². The lowest BCUT2D eigenvalue weighted by Crippen LogP contribution is -2.39. The summed E-state index contributed by atoms with van der Waals surface area (Å²) in [5.41, 5.74) is 2.66. The average molecular weight is 851 g/mol. The number of allylic oxidation sites excluding steroid dienone is 1. The SMILES string of the molecule is CCOC(=O)C1=C(C)N=c2s/c(=C\c3cc(I)cc(I)c3OCc3ccc([N+](=O)[O-])cc3)c(=O)n2[C@@H]1c1ccc(OCC)cc1. The van der Waals surface area contributed by atoms with E-state index in [0.717, 1.165) is 18.3 Å². The predicted molar refractivity (Wildman–Crippen MR) is 187 cm³/mol. The monoisotopic (exact) mass is 851 g/mol. The lowest BCUT2D eigenvalue weighted by Gasteiger charge is -2.24. The zero-order valence-electron chi connectivity index (χ0n) is 24.4. The van der Waals surface area contributed by atoms with Gasteiger partial charge in [-0.3, -0.25) is 19.5 Å². The maximum Gasteiger partial charge on any atom is 0.338 e. The fraction of sp³-hybridized carbons (Fsp3) is 0.219. The van der Waals surface area contributed by atoms with Crippen molar-refractivity contribution in [2.45, 2.75) is 33.4 Å². The zero-order chi connectivity index (χ0) is 32.2. The first-order valence-corrected chi connectivity index (χ1v) is 16.9. The Labute approximate surface area is 289 Å².